The van der Waals surface area contributed by atoms with E-state index in [0.29, 0.717) is 23.0 Å². The molecule has 0 aromatic carbocycles. The van der Waals surface area contributed by atoms with Crippen LogP contribution in [0.4, 0.5) is 0 Å². The second kappa shape index (κ2) is 8.11. The van der Waals surface area contributed by atoms with Gasteiger partial charge in [0.1, 0.15) is 6.04 Å². The first-order chi connectivity index (χ1) is 13.3. The average Bonchev–Trinajstić information content (AvgIpc) is 3.22. The fraction of sp³-hybridized carbons (Fsp3) is 0.429. The van der Waals surface area contributed by atoms with Crippen molar-refractivity contribution in [2.45, 2.75) is 59.5 Å². The van der Waals surface area contributed by atoms with Crippen LogP contribution in [-0.2, 0) is 0 Å². The molecule has 3 rings (SSSR count). The van der Waals surface area contributed by atoms with Crippen molar-refractivity contribution in [1.29, 1.82) is 5.26 Å². The van der Waals surface area contributed by atoms with Crippen LogP contribution in [0.3, 0.4) is 0 Å². The first kappa shape index (κ1) is 20.0. The lowest BCUT2D eigenvalue weighted by Crippen LogP contribution is -2.33. The number of hydrogen-bond donors (Lipinski definition) is 1. The summed E-state index contributed by atoms with van der Waals surface area (Å²) in [5, 5.41) is 17.3. The molecule has 0 radical (unpaired) electrons. The van der Waals surface area contributed by atoms with E-state index in [2.05, 4.69) is 36.4 Å². The molecule has 3 heterocycles. The maximum Gasteiger partial charge on any atom is 0.253 e. The molecule has 7 heteroatoms. The van der Waals surface area contributed by atoms with Gasteiger partial charge in [-0.05, 0) is 46.2 Å². The molecule has 0 aliphatic rings. The predicted octanol–water partition coefficient (Wildman–Crippen LogP) is 4.78. The van der Waals surface area contributed by atoms with E-state index >= 15 is 0 Å². The summed E-state index contributed by atoms with van der Waals surface area (Å²) in [5.41, 5.74) is 2.97. The van der Waals surface area contributed by atoms with Crippen molar-refractivity contribution < 1.29 is 4.79 Å². The Hall–Kier alpha value is -2.72. The third-order valence-electron chi connectivity index (χ3n) is 4.66. The Morgan fingerprint density at radius 3 is 2.68 bits per heavy atom. The van der Waals surface area contributed by atoms with Gasteiger partial charge in [0, 0.05) is 21.4 Å². The lowest BCUT2D eigenvalue weighted by Gasteiger charge is -2.13. The van der Waals surface area contributed by atoms with Gasteiger partial charge in [0.25, 0.3) is 5.91 Å². The number of amides is 1. The number of carbonyl (C=O) groups excluding carboxylic acids is 1. The van der Waals surface area contributed by atoms with Crippen molar-refractivity contribution in [1.82, 2.24) is 20.1 Å². The Morgan fingerprint density at radius 1 is 1.36 bits per heavy atom. The van der Waals surface area contributed by atoms with Crippen LogP contribution in [0.1, 0.15) is 59.8 Å². The van der Waals surface area contributed by atoms with Gasteiger partial charge in [-0.2, -0.15) is 10.4 Å². The smallest absolute Gasteiger partial charge is 0.253 e. The van der Waals surface area contributed by atoms with Crippen LogP contribution in [0.2, 0.25) is 0 Å². The van der Waals surface area contributed by atoms with Gasteiger partial charge in [-0.3, -0.25) is 4.79 Å². The summed E-state index contributed by atoms with van der Waals surface area (Å²) in [6, 6.07) is 5.70. The Balaban J connectivity index is 2.16. The minimum Gasteiger partial charge on any atom is -0.336 e. The fourth-order valence-corrected chi connectivity index (χ4v) is 4.23. The number of rotatable bonds is 6. The van der Waals surface area contributed by atoms with E-state index in [1.807, 2.05) is 31.5 Å². The Kier molecular flexibility index (Phi) is 5.80. The van der Waals surface area contributed by atoms with E-state index in [9.17, 15) is 10.1 Å². The Labute approximate surface area is 169 Å². The molecule has 0 fully saturated rings. The standard InChI is InChI=1S/C21H25N5OS/c1-6-7-15(10-22)24-21(27)17-9-19(16-8-13(4)28-14(16)5)25-20-18(17)11-23-26(20)12(2)3/h8-9,11-12,15H,6-7H2,1-5H3,(H,24,27). The predicted molar refractivity (Wildman–Crippen MR) is 112 cm³/mol. The largest absolute Gasteiger partial charge is 0.336 e. The number of aryl methyl sites for hydroxylation is 2. The molecule has 0 spiro atoms. The number of nitrogens with zero attached hydrogens (tertiary/aromatic N) is 4. The zero-order valence-corrected chi connectivity index (χ0v) is 17.7. The second-order valence-electron chi connectivity index (χ2n) is 7.25. The molecule has 3 aromatic heterocycles. The third-order valence-corrected chi connectivity index (χ3v) is 5.62. The van der Waals surface area contributed by atoms with Crippen LogP contribution in [0.15, 0.2) is 18.3 Å². The van der Waals surface area contributed by atoms with Gasteiger partial charge >= 0.3 is 0 Å². The highest BCUT2D eigenvalue weighted by Crippen LogP contribution is 2.32. The summed E-state index contributed by atoms with van der Waals surface area (Å²) < 4.78 is 1.83. The number of hydrogen-bond acceptors (Lipinski definition) is 5. The molecule has 6 nitrogen and oxygen atoms in total. The zero-order chi connectivity index (χ0) is 20.4. The van der Waals surface area contributed by atoms with E-state index < -0.39 is 6.04 Å². The topological polar surface area (TPSA) is 83.6 Å². The monoisotopic (exact) mass is 395 g/mol. The molecule has 0 aliphatic carbocycles. The van der Waals surface area contributed by atoms with E-state index in [4.69, 9.17) is 4.98 Å². The Morgan fingerprint density at radius 2 is 2.11 bits per heavy atom. The second-order valence-corrected chi connectivity index (χ2v) is 8.71. The van der Waals surface area contributed by atoms with Crippen molar-refractivity contribution in [3.63, 3.8) is 0 Å². The van der Waals surface area contributed by atoms with Crippen LogP contribution >= 0.6 is 11.3 Å². The molecule has 0 saturated carbocycles. The molecule has 0 bridgehead atoms. The highest BCUT2D eigenvalue weighted by Gasteiger charge is 2.21. The minimum atomic E-state index is -0.505. The summed E-state index contributed by atoms with van der Waals surface area (Å²) in [5.74, 6) is -0.262. The highest BCUT2D eigenvalue weighted by molar-refractivity contribution is 7.12. The molecule has 146 valence electrons. The number of pyridine rings is 1. The Bertz CT molecular complexity index is 1060. The molecule has 3 aromatic rings. The lowest BCUT2D eigenvalue weighted by molar-refractivity contribution is 0.0945. The van der Waals surface area contributed by atoms with E-state index in [-0.39, 0.29) is 11.9 Å². The van der Waals surface area contributed by atoms with E-state index in [1.54, 1.807) is 17.5 Å². The van der Waals surface area contributed by atoms with Gasteiger partial charge in [0.2, 0.25) is 0 Å². The number of nitrogens with one attached hydrogen (secondary N) is 1. The molecule has 0 saturated heterocycles. The third kappa shape index (κ3) is 3.78. The minimum absolute atomic E-state index is 0.119. The van der Waals surface area contributed by atoms with E-state index in [1.165, 1.54) is 4.88 Å². The highest BCUT2D eigenvalue weighted by atomic mass is 32.1. The van der Waals surface area contributed by atoms with Crippen LogP contribution in [0, 0.1) is 25.2 Å². The SMILES string of the molecule is CCCC(C#N)NC(=O)c1cc(-c2cc(C)sc2C)nc2c1cnn2C(C)C. The van der Waals surface area contributed by atoms with Crippen LogP contribution in [-0.4, -0.2) is 26.7 Å². The van der Waals surface area contributed by atoms with Crippen molar-refractivity contribution in [2.24, 2.45) is 0 Å². The molecule has 1 unspecified atom stereocenters. The molecular formula is C21H25N5OS. The maximum absolute atomic E-state index is 13.0. The van der Waals surface area contributed by atoms with E-state index in [0.717, 1.165) is 22.6 Å². The van der Waals surface area contributed by atoms with Crippen molar-refractivity contribution in [3.05, 3.63) is 33.6 Å². The molecule has 1 N–H and O–H groups in total. The molecule has 1 amide bonds. The zero-order valence-electron chi connectivity index (χ0n) is 16.9. The number of aromatic nitrogens is 3. The lowest BCUT2D eigenvalue weighted by atomic mass is 10.1. The number of carbonyl (C=O) groups is 1. The fourth-order valence-electron chi connectivity index (χ4n) is 3.30. The summed E-state index contributed by atoms with van der Waals surface area (Å²) in [4.78, 5) is 20.2. The van der Waals surface area contributed by atoms with Crippen LogP contribution < -0.4 is 5.32 Å². The summed E-state index contributed by atoms with van der Waals surface area (Å²) in [6.07, 6.45) is 3.14. The molecule has 28 heavy (non-hydrogen) atoms. The van der Waals surface area contributed by atoms with Gasteiger partial charge in [-0.25, -0.2) is 9.67 Å². The maximum atomic E-state index is 13.0. The first-order valence-corrected chi connectivity index (χ1v) is 10.3. The van der Waals surface area contributed by atoms with Gasteiger partial charge in [-0.1, -0.05) is 13.3 Å². The molecule has 1 atom stereocenters. The van der Waals surface area contributed by atoms with Gasteiger partial charge in [0.05, 0.1) is 28.9 Å². The average molecular weight is 396 g/mol. The van der Waals surface area contributed by atoms with Gasteiger partial charge < -0.3 is 5.32 Å². The van der Waals surface area contributed by atoms with Gasteiger partial charge in [-0.15, -0.1) is 11.3 Å². The van der Waals surface area contributed by atoms with Crippen molar-refractivity contribution in [2.75, 3.05) is 0 Å². The van der Waals surface area contributed by atoms with Gasteiger partial charge in [0.15, 0.2) is 5.65 Å². The quantitative estimate of drug-likeness (QED) is 0.651. The molecule has 0 aliphatic heterocycles. The summed E-state index contributed by atoms with van der Waals surface area (Å²) >= 11 is 1.71. The first-order valence-electron chi connectivity index (χ1n) is 9.51. The van der Waals surface area contributed by atoms with Crippen LogP contribution in [0.25, 0.3) is 22.3 Å². The molecular weight excluding hydrogens is 370 g/mol. The van der Waals surface area contributed by atoms with Crippen LogP contribution in [0.5, 0.6) is 0 Å². The summed E-state index contributed by atoms with van der Waals surface area (Å²) in [6.45, 7) is 10.2. The van der Waals surface area contributed by atoms with Crippen molar-refractivity contribution >= 4 is 28.3 Å². The normalized spacial score (nSPS) is 12.3. The number of nitriles is 1. The summed E-state index contributed by atoms with van der Waals surface area (Å²) in [7, 11) is 0. The number of thiophene rings is 1. The van der Waals surface area contributed by atoms with Crippen molar-refractivity contribution in [3.8, 4) is 17.3 Å². The number of fused-ring (bicyclic) bond motifs is 1.